The number of furan rings is 1. The van der Waals surface area contributed by atoms with E-state index in [4.69, 9.17) is 4.42 Å². The molecule has 100 valence electrons. The average molecular weight is 263 g/mol. The summed E-state index contributed by atoms with van der Waals surface area (Å²) in [6, 6.07) is -0.0531. The molecule has 1 aliphatic rings. The largest absolute Gasteiger partial charge is 0.442 e. The molecule has 2 heterocycles. The van der Waals surface area contributed by atoms with Crippen molar-refractivity contribution < 1.29 is 14.3 Å². The molecule has 7 heteroatoms. The smallest absolute Gasteiger partial charge is 0.262 e. The van der Waals surface area contributed by atoms with Gasteiger partial charge in [0.1, 0.15) is 11.1 Å². The third kappa shape index (κ3) is 1.91. The van der Waals surface area contributed by atoms with E-state index in [9.17, 15) is 14.7 Å². The molecule has 2 aromatic heterocycles. The van der Waals surface area contributed by atoms with Crippen LogP contribution >= 0.6 is 0 Å². The zero-order valence-electron chi connectivity index (χ0n) is 10.3. The van der Waals surface area contributed by atoms with Crippen LogP contribution in [0.25, 0.3) is 11.1 Å². The van der Waals surface area contributed by atoms with Crippen molar-refractivity contribution in [2.75, 3.05) is 0 Å². The highest BCUT2D eigenvalue weighted by Crippen LogP contribution is 2.23. The van der Waals surface area contributed by atoms with Crippen LogP contribution in [0.1, 0.15) is 29.0 Å². The van der Waals surface area contributed by atoms with E-state index in [0.717, 1.165) is 0 Å². The van der Waals surface area contributed by atoms with Crippen LogP contribution in [0, 0.1) is 6.92 Å². The van der Waals surface area contributed by atoms with Gasteiger partial charge in [0.25, 0.3) is 11.5 Å². The normalized spacial score (nSPS) is 22.2. The lowest BCUT2D eigenvalue weighted by Gasteiger charge is -2.31. The molecule has 3 rings (SSSR count). The lowest BCUT2D eigenvalue weighted by atomic mass is 9.89. The Morgan fingerprint density at radius 1 is 1.58 bits per heavy atom. The van der Waals surface area contributed by atoms with E-state index >= 15 is 0 Å². The van der Waals surface area contributed by atoms with E-state index in [-0.39, 0.29) is 34.7 Å². The maximum Gasteiger partial charge on any atom is 0.262 e. The molecule has 0 saturated heterocycles. The van der Waals surface area contributed by atoms with Gasteiger partial charge in [-0.1, -0.05) is 0 Å². The lowest BCUT2D eigenvalue weighted by molar-refractivity contribution is 0.0563. The van der Waals surface area contributed by atoms with Gasteiger partial charge in [-0.05, 0) is 19.8 Å². The number of aromatic amines is 1. The van der Waals surface area contributed by atoms with E-state index in [2.05, 4.69) is 15.3 Å². The average Bonchev–Trinajstić information content (AvgIpc) is 2.64. The van der Waals surface area contributed by atoms with Gasteiger partial charge in [0, 0.05) is 6.04 Å². The van der Waals surface area contributed by atoms with Gasteiger partial charge in [-0.15, -0.1) is 0 Å². The number of nitrogens with zero attached hydrogens (tertiary/aromatic N) is 1. The van der Waals surface area contributed by atoms with Gasteiger partial charge in [0.05, 0.1) is 18.0 Å². The van der Waals surface area contributed by atoms with Crippen molar-refractivity contribution >= 4 is 17.0 Å². The standard InChI is InChI=1S/C12H13N3O4/c1-5-8(11(18)15-6-2-7(16)3-6)9-10(17)13-4-14-12(9)19-5/h4,6-7,16H,2-3H2,1H3,(H,15,18)(H,13,14,17). The van der Waals surface area contributed by atoms with Crippen molar-refractivity contribution in [1.29, 1.82) is 0 Å². The highest BCUT2D eigenvalue weighted by atomic mass is 16.3. The molecule has 1 aliphatic carbocycles. The third-order valence-corrected chi connectivity index (χ3v) is 3.35. The molecule has 0 aliphatic heterocycles. The van der Waals surface area contributed by atoms with Crippen LogP contribution in [0.5, 0.6) is 0 Å². The molecule has 1 fully saturated rings. The Balaban J connectivity index is 1.97. The Bertz CT molecular complexity index is 697. The first-order valence-electron chi connectivity index (χ1n) is 6.02. The second kappa shape index (κ2) is 4.20. The number of aromatic nitrogens is 2. The van der Waals surface area contributed by atoms with Crippen LogP contribution in [-0.4, -0.2) is 33.1 Å². The number of aliphatic hydroxyl groups excluding tert-OH is 1. The van der Waals surface area contributed by atoms with E-state index < -0.39 is 5.56 Å². The molecule has 7 nitrogen and oxygen atoms in total. The van der Waals surface area contributed by atoms with Gasteiger partial charge in [-0.3, -0.25) is 9.59 Å². The van der Waals surface area contributed by atoms with Crippen LogP contribution in [-0.2, 0) is 0 Å². The highest BCUT2D eigenvalue weighted by molar-refractivity contribution is 6.06. The van der Waals surface area contributed by atoms with Crippen LogP contribution in [0.15, 0.2) is 15.5 Å². The lowest BCUT2D eigenvalue weighted by Crippen LogP contribution is -2.46. The number of carbonyl (C=O) groups excluding carboxylic acids is 1. The van der Waals surface area contributed by atoms with E-state index in [1.807, 2.05) is 0 Å². The minimum atomic E-state index is -0.402. The topological polar surface area (TPSA) is 108 Å². The van der Waals surface area contributed by atoms with Gasteiger partial charge in [0.2, 0.25) is 5.71 Å². The number of fused-ring (bicyclic) bond motifs is 1. The summed E-state index contributed by atoms with van der Waals surface area (Å²) >= 11 is 0. The van der Waals surface area contributed by atoms with Crippen molar-refractivity contribution in [2.24, 2.45) is 0 Å². The number of carbonyl (C=O) groups is 1. The monoisotopic (exact) mass is 263 g/mol. The molecule has 0 spiro atoms. The molecule has 0 bridgehead atoms. The van der Waals surface area contributed by atoms with Crippen LogP contribution in [0.2, 0.25) is 0 Å². The zero-order valence-corrected chi connectivity index (χ0v) is 10.3. The van der Waals surface area contributed by atoms with Crippen molar-refractivity contribution in [3.8, 4) is 0 Å². The van der Waals surface area contributed by atoms with Crippen LogP contribution in [0.4, 0.5) is 0 Å². The molecule has 19 heavy (non-hydrogen) atoms. The predicted octanol–water partition coefficient (Wildman–Crippen LogP) is 0.0776. The maximum absolute atomic E-state index is 12.2. The van der Waals surface area contributed by atoms with Crippen molar-refractivity contribution in [2.45, 2.75) is 31.9 Å². The summed E-state index contributed by atoms with van der Waals surface area (Å²) in [7, 11) is 0. The van der Waals surface area contributed by atoms with Gasteiger partial charge in [-0.2, -0.15) is 0 Å². The summed E-state index contributed by atoms with van der Waals surface area (Å²) in [5.41, 5.74) is -0.0357. The summed E-state index contributed by atoms with van der Waals surface area (Å²) in [5.74, 6) is -0.0109. The highest BCUT2D eigenvalue weighted by Gasteiger charge is 2.30. The number of rotatable bonds is 2. The van der Waals surface area contributed by atoms with Gasteiger partial charge < -0.3 is 19.8 Å². The number of hydrogen-bond donors (Lipinski definition) is 3. The molecule has 3 N–H and O–H groups in total. The summed E-state index contributed by atoms with van der Waals surface area (Å²) in [5, 5.41) is 12.1. The second-order valence-corrected chi connectivity index (χ2v) is 4.74. The fourth-order valence-corrected chi connectivity index (χ4v) is 2.29. The fourth-order valence-electron chi connectivity index (χ4n) is 2.29. The molecule has 0 radical (unpaired) electrons. The maximum atomic E-state index is 12.2. The van der Waals surface area contributed by atoms with E-state index in [1.54, 1.807) is 6.92 Å². The molecule has 0 aromatic carbocycles. The molecule has 0 unspecified atom stereocenters. The molecular weight excluding hydrogens is 250 g/mol. The zero-order chi connectivity index (χ0) is 13.6. The first kappa shape index (κ1) is 11.9. The van der Waals surface area contributed by atoms with Crippen molar-refractivity contribution in [3.05, 3.63) is 28.0 Å². The van der Waals surface area contributed by atoms with Gasteiger partial charge in [-0.25, -0.2) is 4.98 Å². The summed E-state index contributed by atoms with van der Waals surface area (Å²) < 4.78 is 5.31. The Morgan fingerprint density at radius 3 is 3.00 bits per heavy atom. The number of hydrogen-bond acceptors (Lipinski definition) is 5. The summed E-state index contributed by atoms with van der Waals surface area (Å²) in [6.45, 7) is 1.62. The predicted molar refractivity (Wildman–Crippen MR) is 65.9 cm³/mol. The van der Waals surface area contributed by atoms with Crippen molar-refractivity contribution in [3.63, 3.8) is 0 Å². The number of amides is 1. The number of H-pyrrole nitrogens is 1. The van der Waals surface area contributed by atoms with Crippen LogP contribution < -0.4 is 10.9 Å². The Labute approximate surface area is 107 Å². The third-order valence-electron chi connectivity index (χ3n) is 3.35. The molecule has 2 aromatic rings. The van der Waals surface area contributed by atoms with Crippen LogP contribution in [0.3, 0.4) is 0 Å². The number of aryl methyl sites for hydroxylation is 1. The molecule has 0 atom stereocenters. The first-order chi connectivity index (χ1) is 9.06. The number of nitrogens with one attached hydrogen (secondary N) is 2. The van der Waals surface area contributed by atoms with E-state index in [0.29, 0.717) is 18.6 Å². The van der Waals surface area contributed by atoms with Crippen molar-refractivity contribution in [1.82, 2.24) is 15.3 Å². The van der Waals surface area contributed by atoms with Gasteiger partial charge >= 0.3 is 0 Å². The van der Waals surface area contributed by atoms with E-state index in [1.165, 1.54) is 6.33 Å². The quantitative estimate of drug-likeness (QED) is 0.711. The number of aliphatic hydroxyl groups is 1. The summed E-state index contributed by atoms with van der Waals surface area (Å²) in [4.78, 5) is 30.2. The first-order valence-corrected chi connectivity index (χ1v) is 6.02. The minimum absolute atomic E-state index is 0.0531. The fraction of sp³-hybridized carbons (Fsp3) is 0.417. The molecular formula is C12H13N3O4. The Hall–Kier alpha value is -2.15. The Morgan fingerprint density at radius 2 is 2.32 bits per heavy atom. The summed E-state index contributed by atoms with van der Waals surface area (Å²) in [6.07, 6.45) is 1.96. The second-order valence-electron chi connectivity index (χ2n) is 4.74. The molecule has 1 saturated carbocycles. The Kier molecular flexibility index (Phi) is 2.63. The van der Waals surface area contributed by atoms with Gasteiger partial charge in [0.15, 0.2) is 0 Å². The molecule has 1 amide bonds. The SMILES string of the molecule is Cc1oc2nc[nH]c(=O)c2c1C(=O)NC1CC(O)C1. The minimum Gasteiger partial charge on any atom is -0.442 e.